The molecule has 0 fully saturated rings. The molecule has 0 saturated carbocycles. The molecule has 0 unspecified atom stereocenters. The number of aryl methyl sites for hydroxylation is 1. The van der Waals surface area contributed by atoms with E-state index < -0.39 is 0 Å². The monoisotopic (exact) mass is 229 g/mol. The van der Waals surface area contributed by atoms with Gasteiger partial charge >= 0.3 is 0 Å². The Balaban J connectivity index is 2.15. The summed E-state index contributed by atoms with van der Waals surface area (Å²) < 4.78 is 2.48. The number of nitrogens with zero attached hydrogens (tertiary/aromatic N) is 2. The Kier molecular flexibility index (Phi) is 3.18. The highest BCUT2D eigenvalue weighted by Gasteiger charge is 1.96. The number of nitrogens with one attached hydrogen (secondary N) is 1. The summed E-state index contributed by atoms with van der Waals surface area (Å²) >= 11 is 5.08. The quantitative estimate of drug-likeness (QED) is 0.601. The van der Waals surface area contributed by atoms with Crippen LogP contribution in [0.15, 0.2) is 30.3 Å². The van der Waals surface area contributed by atoms with Crippen LogP contribution in [0.4, 0.5) is 0 Å². The van der Waals surface area contributed by atoms with Gasteiger partial charge in [0.15, 0.2) is 4.77 Å². The Morgan fingerprint density at radius 3 is 2.75 bits per heavy atom. The standard InChI is InChI=1S/C12H11N3S/c1-10-13-14-12(16)15(10)9-5-8-11-6-3-2-4-7-11/h2-4,6-7H,9H2,1H3,(H,14,16). The van der Waals surface area contributed by atoms with Crippen molar-refractivity contribution in [2.75, 3.05) is 0 Å². The van der Waals surface area contributed by atoms with Crippen molar-refractivity contribution in [3.8, 4) is 11.8 Å². The molecule has 1 N–H and O–H groups in total. The topological polar surface area (TPSA) is 33.6 Å². The first-order chi connectivity index (χ1) is 7.77. The Hall–Kier alpha value is -1.86. The largest absolute Gasteiger partial charge is 0.293 e. The van der Waals surface area contributed by atoms with E-state index >= 15 is 0 Å². The molecule has 1 heterocycles. The van der Waals surface area contributed by atoms with E-state index in [2.05, 4.69) is 22.0 Å². The third-order valence-electron chi connectivity index (χ3n) is 2.19. The number of aromatic nitrogens is 3. The van der Waals surface area contributed by atoms with Crippen molar-refractivity contribution in [3.63, 3.8) is 0 Å². The number of aromatic amines is 1. The summed E-state index contributed by atoms with van der Waals surface area (Å²) in [5.74, 6) is 7.00. The van der Waals surface area contributed by atoms with Crippen molar-refractivity contribution in [2.45, 2.75) is 13.5 Å². The lowest BCUT2D eigenvalue weighted by Crippen LogP contribution is -1.98. The fraction of sp³-hybridized carbons (Fsp3) is 0.167. The van der Waals surface area contributed by atoms with Crippen LogP contribution < -0.4 is 0 Å². The molecule has 16 heavy (non-hydrogen) atoms. The second-order valence-corrected chi connectivity index (χ2v) is 3.72. The van der Waals surface area contributed by atoms with Crippen LogP contribution in [0.5, 0.6) is 0 Å². The average molecular weight is 229 g/mol. The molecule has 0 radical (unpaired) electrons. The minimum absolute atomic E-state index is 0.566. The molecular weight excluding hydrogens is 218 g/mol. The van der Waals surface area contributed by atoms with E-state index in [4.69, 9.17) is 12.2 Å². The van der Waals surface area contributed by atoms with Gasteiger partial charge in [0.2, 0.25) is 0 Å². The zero-order chi connectivity index (χ0) is 11.4. The van der Waals surface area contributed by atoms with Crippen molar-refractivity contribution < 1.29 is 0 Å². The van der Waals surface area contributed by atoms with Crippen LogP contribution in [-0.2, 0) is 6.54 Å². The van der Waals surface area contributed by atoms with E-state index in [0.717, 1.165) is 11.4 Å². The minimum atomic E-state index is 0.566. The first kappa shape index (κ1) is 10.7. The van der Waals surface area contributed by atoms with Crippen LogP contribution >= 0.6 is 12.2 Å². The van der Waals surface area contributed by atoms with Gasteiger partial charge in [0.1, 0.15) is 5.82 Å². The predicted molar refractivity (Wildman–Crippen MR) is 65.5 cm³/mol. The molecule has 2 aromatic rings. The lowest BCUT2D eigenvalue weighted by atomic mass is 10.2. The Bertz CT molecular complexity index is 584. The smallest absolute Gasteiger partial charge is 0.196 e. The highest BCUT2D eigenvalue weighted by Crippen LogP contribution is 1.97. The number of hydrogen-bond acceptors (Lipinski definition) is 2. The van der Waals surface area contributed by atoms with Gasteiger partial charge in [-0.15, -0.1) is 0 Å². The second-order valence-electron chi connectivity index (χ2n) is 3.33. The number of rotatable bonds is 1. The first-order valence-electron chi connectivity index (χ1n) is 4.93. The van der Waals surface area contributed by atoms with Crippen molar-refractivity contribution in [3.05, 3.63) is 46.5 Å². The van der Waals surface area contributed by atoms with Crippen LogP contribution in [-0.4, -0.2) is 14.8 Å². The Morgan fingerprint density at radius 2 is 2.12 bits per heavy atom. The minimum Gasteiger partial charge on any atom is -0.293 e. The van der Waals surface area contributed by atoms with Gasteiger partial charge < -0.3 is 0 Å². The Morgan fingerprint density at radius 1 is 1.38 bits per heavy atom. The summed E-state index contributed by atoms with van der Waals surface area (Å²) in [5, 5.41) is 6.75. The van der Waals surface area contributed by atoms with Crippen LogP contribution in [0.2, 0.25) is 0 Å². The van der Waals surface area contributed by atoms with E-state index in [1.807, 2.05) is 41.8 Å². The maximum atomic E-state index is 5.08. The number of H-pyrrole nitrogens is 1. The van der Waals surface area contributed by atoms with Crippen LogP contribution in [0, 0.1) is 23.5 Å². The van der Waals surface area contributed by atoms with Gasteiger partial charge in [-0.05, 0) is 31.3 Å². The molecule has 0 aliphatic heterocycles. The molecule has 2 rings (SSSR count). The molecule has 0 aliphatic rings. The summed E-state index contributed by atoms with van der Waals surface area (Å²) in [6.07, 6.45) is 0. The number of benzene rings is 1. The molecule has 0 bridgehead atoms. The normalized spacial score (nSPS) is 9.56. The van der Waals surface area contributed by atoms with Crippen LogP contribution in [0.25, 0.3) is 0 Å². The predicted octanol–water partition coefficient (Wildman–Crippen LogP) is 2.30. The molecule has 0 amide bonds. The third-order valence-corrected chi connectivity index (χ3v) is 2.50. The molecule has 80 valence electrons. The molecular formula is C12H11N3S. The summed E-state index contributed by atoms with van der Waals surface area (Å²) in [6, 6.07) is 9.88. The van der Waals surface area contributed by atoms with Crippen LogP contribution in [0.3, 0.4) is 0 Å². The Labute approximate surface area is 99.1 Å². The van der Waals surface area contributed by atoms with Gasteiger partial charge in [-0.1, -0.05) is 30.0 Å². The molecule has 0 aliphatic carbocycles. The average Bonchev–Trinajstić information content (AvgIpc) is 2.62. The molecule has 1 aromatic heterocycles. The van der Waals surface area contributed by atoms with Crippen molar-refractivity contribution in [1.82, 2.24) is 14.8 Å². The fourth-order valence-corrected chi connectivity index (χ4v) is 1.57. The van der Waals surface area contributed by atoms with Gasteiger partial charge in [0, 0.05) is 5.56 Å². The zero-order valence-corrected chi connectivity index (χ0v) is 9.71. The lowest BCUT2D eigenvalue weighted by Gasteiger charge is -1.95. The van der Waals surface area contributed by atoms with Crippen molar-refractivity contribution in [2.24, 2.45) is 0 Å². The van der Waals surface area contributed by atoms with Gasteiger partial charge in [0.25, 0.3) is 0 Å². The van der Waals surface area contributed by atoms with Crippen molar-refractivity contribution in [1.29, 1.82) is 0 Å². The second kappa shape index (κ2) is 4.77. The fourth-order valence-electron chi connectivity index (χ4n) is 1.32. The summed E-state index contributed by atoms with van der Waals surface area (Å²) in [6.45, 7) is 2.46. The molecule has 3 nitrogen and oxygen atoms in total. The third kappa shape index (κ3) is 2.38. The van der Waals surface area contributed by atoms with E-state index in [1.165, 1.54) is 0 Å². The highest BCUT2D eigenvalue weighted by atomic mass is 32.1. The molecule has 0 atom stereocenters. The van der Waals surface area contributed by atoms with Crippen molar-refractivity contribution >= 4 is 12.2 Å². The molecule has 0 spiro atoms. The maximum Gasteiger partial charge on any atom is 0.196 e. The first-order valence-corrected chi connectivity index (χ1v) is 5.34. The lowest BCUT2D eigenvalue weighted by molar-refractivity contribution is 0.786. The SMILES string of the molecule is Cc1n[nH]c(=S)n1CC#Cc1ccccc1. The maximum absolute atomic E-state index is 5.08. The summed E-state index contributed by atoms with van der Waals surface area (Å²) in [5.41, 5.74) is 1.01. The van der Waals surface area contributed by atoms with Gasteiger partial charge in [-0.25, -0.2) is 0 Å². The number of hydrogen-bond donors (Lipinski definition) is 1. The van der Waals surface area contributed by atoms with E-state index in [-0.39, 0.29) is 0 Å². The molecule has 1 aromatic carbocycles. The highest BCUT2D eigenvalue weighted by molar-refractivity contribution is 7.71. The molecule has 0 saturated heterocycles. The summed E-state index contributed by atoms with van der Waals surface area (Å²) in [4.78, 5) is 0. The van der Waals surface area contributed by atoms with Crippen LogP contribution in [0.1, 0.15) is 11.4 Å². The van der Waals surface area contributed by atoms with Gasteiger partial charge in [0.05, 0.1) is 6.54 Å². The van der Waals surface area contributed by atoms with E-state index in [0.29, 0.717) is 11.3 Å². The van der Waals surface area contributed by atoms with Gasteiger partial charge in [-0.2, -0.15) is 5.10 Å². The van der Waals surface area contributed by atoms with Gasteiger partial charge in [-0.3, -0.25) is 9.67 Å². The van der Waals surface area contributed by atoms with E-state index in [9.17, 15) is 0 Å². The summed E-state index contributed by atoms with van der Waals surface area (Å²) in [7, 11) is 0. The zero-order valence-electron chi connectivity index (χ0n) is 8.90. The van der Waals surface area contributed by atoms with E-state index in [1.54, 1.807) is 0 Å². The molecule has 4 heteroatoms.